The maximum absolute atomic E-state index is 5.66. The smallest absolute Gasteiger partial charge is 0.316 e. The third-order valence-corrected chi connectivity index (χ3v) is 4.93. The van der Waals surface area contributed by atoms with E-state index in [1.165, 1.54) is 89.9 Å². The third kappa shape index (κ3) is 20.9. The van der Waals surface area contributed by atoms with Crippen LogP contribution in [0.5, 0.6) is 0 Å². The van der Waals surface area contributed by atoms with E-state index in [9.17, 15) is 0 Å². The first-order valence-electron chi connectivity index (χ1n) is 8.99. The number of rotatable bonds is 15. The molecule has 0 bridgehead atoms. The molecule has 0 aromatic carbocycles. The zero-order valence-corrected chi connectivity index (χ0v) is 16.7. The molecule has 0 aromatic rings. The molecule has 120 valence electrons. The van der Waals surface area contributed by atoms with Crippen LogP contribution >= 0.6 is 20.7 Å². The van der Waals surface area contributed by atoms with Crippen molar-refractivity contribution in [3.63, 3.8) is 0 Å². The van der Waals surface area contributed by atoms with Gasteiger partial charge < -0.3 is 9.07 Å². The van der Waals surface area contributed by atoms with Gasteiger partial charge in [-0.1, -0.05) is 77.0 Å². The summed E-state index contributed by atoms with van der Waals surface area (Å²) in [5, 5.41) is 0. The normalized spacial score (nSPS) is 10.0. The molecule has 21 heavy (non-hydrogen) atoms. The van der Waals surface area contributed by atoms with E-state index in [-0.39, 0.29) is 0 Å². The Labute approximate surface area is 151 Å². The summed E-state index contributed by atoms with van der Waals surface area (Å²) in [6, 6.07) is 0. The fourth-order valence-corrected chi connectivity index (χ4v) is 3.31. The minimum absolute atomic E-state index is 0.546. The van der Waals surface area contributed by atoms with E-state index in [1.807, 2.05) is 0 Å². The molecule has 0 aliphatic carbocycles. The van der Waals surface area contributed by atoms with Crippen LogP contribution in [0.25, 0.3) is 0 Å². The maximum Gasteiger partial charge on any atom is 0.598 e. The van der Waals surface area contributed by atoms with Gasteiger partial charge in [-0.2, -0.15) is 0 Å². The van der Waals surface area contributed by atoms with E-state index in [1.54, 1.807) is 0 Å². The van der Waals surface area contributed by atoms with Crippen molar-refractivity contribution in [2.75, 3.05) is 5.88 Å². The summed E-state index contributed by atoms with van der Waals surface area (Å²) in [6.07, 6.45) is 20.4. The van der Waals surface area contributed by atoms with Crippen LogP contribution in [0.3, 0.4) is 0 Å². The van der Waals surface area contributed by atoms with Gasteiger partial charge in [0, 0.05) is 12.3 Å². The van der Waals surface area contributed by atoms with Gasteiger partial charge in [-0.05, 0) is 12.8 Å². The molecule has 0 aliphatic rings. The van der Waals surface area contributed by atoms with Crippen molar-refractivity contribution in [3.8, 4) is 9.97 Å². The third-order valence-electron chi connectivity index (χ3n) is 3.88. The predicted octanol–water partition coefficient (Wildman–Crippen LogP) is 6.90. The highest BCUT2D eigenvalue weighted by atomic mass is 35.5. The van der Waals surface area contributed by atoms with Crippen LogP contribution in [0.15, 0.2) is 0 Å². The van der Waals surface area contributed by atoms with Crippen molar-refractivity contribution in [1.29, 1.82) is 0 Å². The van der Waals surface area contributed by atoms with E-state index < -0.39 is 19.3 Å². The number of halogens is 2. The van der Waals surface area contributed by atoms with Gasteiger partial charge in [-0.25, -0.2) is 4.05 Å². The Morgan fingerprint density at radius 3 is 1.33 bits per heavy atom. The first-order valence-corrected chi connectivity index (χ1v) is 12.4. The molecule has 0 saturated heterocycles. The monoisotopic (exact) mass is 342 g/mol. The summed E-state index contributed by atoms with van der Waals surface area (Å²) in [5.41, 5.74) is 0. The number of alkyl halides is 1. The van der Waals surface area contributed by atoms with Crippen molar-refractivity contribution in [3.05, 3.63) is 0 Å². The fourth-order valence-electron chi connectivity index (χ4n) is 2.56. The first-order chi connectivity index (χ1) is 10.4. The van der Waals surface area contributed by atoms with Crippen molar-refractivity contribution < 1.29 is 0 Å². The molecule has 0 saturated carbocycles. The van der Waals surface area contributed by atoms with Gasteiger partial charge >= 0.3 is 19.3 Å². The lowest BCUT2D eigenvalue weighted by atomic mass is 10.0. The SMILES string of the molecule is ClCCCCCCCCCCCCCCCCC#[C][Mg][Cl]. The van der Waals surface area contributed by atoms with Crippen LogP contribution in [0.2, 0.25) is 0 Å². The van der Waals surface area contributed by atoms with E-state index in [4.69, 9.17) is 20.7 Å². The van der Waals surface area contributed by atoms with Crippen molar-refractivity contribution in [2.45, 2.75) is 96.3 Å². The molecule has 0 rings (SSSR count). The molecule has 0 spiro atoms. The van der Waals surface area contributed by atoms with E-state index >= 15 is 0 Å². The van der Waals surface area contributed by atoms with E-state index in [0.29, 0.717) is 0 Å². The summed E-state index contributed by atoms with van der Waals surface area (Å²) in [4.78, 5) is 0. The number of hydrogen-bond donors (Lipinski definition) is 0. The maximum atomic E-state index is 5.66. The summed E-state index contributed by atoms with van der Waals surface area (Å²) < 4.78 is 3.05. The van der Waals surface area contributed by atoms with Crippen LogP contribution < -0.4 is 0 Å². The van der Waals surface area contributed by atoms with E-state index in [0.717, 1.165) is 12.3 Å². The molecular formula is C18H32Cl2Mg. The number of unbranched alkanes of at least 4 members (excludes halogenated alkanes) is 14. The van der Waals surface area contributed by atoms with Crippen LogP contribution in [-0.4, -0.2) is 25.1 Å². The Kier molecular flexibility index (Phi) is 21.8. The molecule has 0 N–H and O–H groups in total. The van der Waals surface area contributed by atoms with E-state index in [2.05, 4.69) is 9.97 Å². The minimum atomic E-state index is -0.546. The second kappa shape index (κ2) is 20.9. The second-order valence-corrected chi connectivity index (χ2v) is 7.68. The Bertz CT molecular complexity index is 245. The zero-order chi connectivity index (χ0) is 15.4. The summed E-state index contributed by atoms with van der Waals surface area (Å²) in [5.74, 6) is 3.99. The summed E-state index contributed by atoms with van der Waals surface area (Å²) >= 11 is 5.12. The molecule has 0 aliphatic heterocycles. The molecule has 0 aromatic heterocycles. The number of hydrogen-bond acceptors (Lipinski definition) is 0. The van der Waals surface area contributed by atoms with Crippen LogP contribution in [0.1, 0.15) is 96.3 Å². The largest absolute Gasteiger partial charge is 0.598 e. The first kappa shape index (κ1) is 21.9. The zero-order valence-electron chi connectivity index (χ0n) is 13.8. The quantitative estimate of drug-likeness (QED) is 0.131. The average molecular weight is 344 g/mol. The van der Waals surface area contributed by atoms with Crippen molar-refractivity contribution in [1.82, 2.24) is 0 Å². The summed E-state index contributed by atoms with van der Waals surface area (Å²) in [7, 11) is 5.63. The Hall–Kier alpha value is 0.906. The molecule has 0 heterocycles. The van der Waals surface area contributed by atoms with Gasteiger partial charge in [0.2, 0.25) is 0 Å². The Balaban J connectivity index is 2.96. The van der Waals surface area contributed by atoms with Crippen molar-refractivity contribution >= 4 is 39.9 Å². The summed E-state index contributed by atoms with van der Waals surface area (Å²) in [6.45, 7) is 0. The van der Waals surface area contributed by atoms with Crippen LogP contribution in [0.4, 0.5) is 0 Å². The van der Waals surface area contributed by atoms with Crippen LogP contribution in [-0.2, 0) is 0 Å². The van der Waals surface area contributed by atoms with Gasteiger partial charge in [0.15, 0.2) is 0 Å². The molecule has 0 radical (unpaired) electrons. The van der Waals surface area contributed by atoms with Gasteiger partial charge in [-0.3, -0.25) is 0 Å². The highest BCUT2D eigenvalue weighted by molar-refractivity contribution is 6.98. The predicted molar refractivity (Wildman–Crippen MR) is 99.4 cm³/mol. The van der Waals surface area contributed by atoms with Gasteiger partial charge in [0.1, 0.15) is 0 Å². The average Bonchev–Trinajstić information content (AvgIpc) is 2.50. The molecular weight excluding hydrogens is 311 g/mol. The Morgan fingerprint density at radius 2 is 0.952 bits per heavy atom. The second-order valence-electron chi connectivity index (χ2n) is 5.88. The van der Waals surface area contributed by atoms with Gasteiger partial charge in [-0.15, -0.1) is 17.5 Å². The lowest BCUT2D eigenvalue weighted by Crippen LogP contribution is -1.83. The highest BCUT2D eigenvalue weighted by Gasteiger charge is 1.94. The molecule has 0 unspecified atom stereocenters. The molecule has 3 heteroatoms. The topological polar surface area (TPSA) is 0 Å². The lowest BCUT2D eigenvalue weighted by Gasteiger charge is -2.02. The van der Waals surface area contributed by atoms with Gasteiger partial charge in [0.25, 0.3) is 0 Å². The lowest BCUT2D eigenvalue weighted by molar-refractivity contribution is 0.537. The van der Waals surface area contributed by atoms with Gasteiger partial charge in [0.05, 0.1) is 0 Å². The minimum Gasteiger partial charge on any atom is -0.316 e. The molecule has 0 amide bonds. The standard InChI is InChI=1S/C18H32Cl.ClH.Mg/c1-2-3-4-5-6-7-8-9-10-11-12-13-14-15-16-17-18-19;;/h3-18H2;1H;/q;;+1/p-1. The molecule has 0 fully saturated rings. The Morgan fingerprint density at radius 1 is 0.571 bits per heavy atom. The molecule has 0 atom stereocenters. The molecule has 0 nitrogen and oxygen atoms in total. The highest BCUT2D eigenvalue weighted by Crippen LogP contribution is 2.13. The fraction of sp³-hybridized carbons (Fsp3) is 0.889. The van der Waals surface area contributed by atoms with Crippen LogP contribution in [0, 0.1) is 9.97 Å². The van der Waals surface area contributed by atoms with Crippen molar-refractivity contribution in [2.24, 2.45) is 0 Å².